The SMILES string of the molecule is CC(C)C[C@H](NC(=O)[C@H](CCCNC(=N)N)NC(=O)CNC(=O)CNC(=O)[C@@H](N)CCCNC(=N)N)C(=O)N[C@H]1CSSC[C@@H](C(=O)N[C@H](C(N)=O)C(C)C)NC(=O)[C@H](C(C)C)NC(=O)[C@@H]2CSSC[C@H](NC(=O)[C@H](Cc3ccc(O)cc3)NC1=O)C(=O)N[C@@H](CCCNC(=N)N)C(=O)N[C@@H](CCCNC(=N)N)C(=O)N[C@@H](CCCNC(=N)N)C(=O)N[C@@H](Cc1ccccc1)C(=O)N2. The number of hydrogen-bond donors (Lipinski definition) is 33. The Labute approximate surface area is 786 Å². The van der Waals surface area contributed by atoms with Gasteiger partial charge in [0, 0.05) is 68.6 Å². The fourth-order valence-corrected chi connectivity index (χ4v) is 17.7. The highest BCUT2D eigenvalue weighted by Gasteiger charge is 2.40. The van der Waals surface area contributed by atoms with Gasteiger partial charge in [0.15, 0.2) is 29.8 Å². The standard InChI is InChI=1S/C80H132N32O17S4/c1-40(2)31-51(104-64(118)47(18-11-27-94-77(85)86)100-59(115)35-98-58(114)34-99-63(117)46(81)17-10-26-93-76(83)84)68(122)107-55-37-131-133-39-57(73(127)111-60(41(3)4)62(82)116)110-75(129)61(42(5)6)112-74(128)56-38-132-130-36-54(108-70(124)53(106-72(55)126)33-44-22-24-45(113)25-23-44)71(125)103-49(20-13-29-96-79(89)90)66(120)101-48(19-12-28-95-78(87)88)65(119)102-50(21-14-30-97-80(91)92)67(121)105-52(69(123)109-56)32-43-15-8-7-9-16-43/h7-9,15-16,22-25,40-42,46-57,60-61,113H,10-14,17-21,26-39,81H2,1-6H3,(H2,82,116)(H,98,114)(H,99,117)(H,100,115)(H,101,120)(H,102,119)(H,103,125)(H,104,118)(H,105,121)(H,106,126)(H,107,122)(H,108,124)(H,109,123)(H,110,129)(H,111,127)(H,112,128)(H4,83,84,93)(H4,85,86,94)(H4,87,88,95)(H4,89,90,96)(H4,91,92,97)/t46-,47-,48-,49-,50-,51-,52-,53-,54-,55-,56-,57-,60-,61-/m0/s1. The molecule has 2 aromatic carbocycles. The summed E-state index contributed by atoms with van der Waals surface area (Å²) in [6.45, 7) is 8.48. The van der Waals surface area contributed by atoms with E-state index < -0.39 is 263 Å². The van der Waals surface area contributed by atoms with Crippen LogP contribution in [-0.4, -0.2) is 283 Å². The second kappa shape index (κ2) is 59.8. The van der Waals surface area contributed by atoms with Crippen molar-refractivity contribution in [3.8, 4) is 5.75 Å². The van der Waals surface area contributed by atoms with Crippen LogP contribution in [0.1, 0.15) is 123 Å². The third-order valence-electron chi connectivity index (χ3n) is 20.1. The van der Waals surface area contributed by atoms with E-state index in [1.165, 1.54) is 24.3 Å². The van der Waals surface area contributed by atoms with E-state index in [2.05, 4.69) is 106 Å². The molecule has 4 rings (SSSR count). The molecule has 16 amide bonds. The number of phenolic OH excluding ortho intramolecular Hbond substituents is 1. The lowest BCUT2D eigenvalue weighted by molar-refractivity contribution is -0.136. The Hall–Kier alpha value is -12.5. The van der Waals surface area contributed by atoms with Crippen LogP contribution in [0.5, 0.6) is 5.75 Å². The van der Waals surface area contributed by atoms with Crippen LogP contribution in [0.4, 0.5) is 0 Å². The molecule has 0 radical (unpaired) electrons. The van der Waals surface area contributed by atoms with Crippen LogP contribution in [0.15, 0.2) is 54.6 Å². The zero-order valence-electron chi connectivity index (χ0n) is 75.1. The van der Waals surface area contributed by atoms with Crippen molar-refractivity contribution in [3.63, 3.8) is 0 Å². The molecule has 2 aliphatic rings. The number of carbonyl (C=O) groups excluding carboxylic acids is 16. The van der Waals surface area contributed by atoms with Gasteiger partial charge >= 0.3 is 0 Å². The first-order chi connectivity index (χ1) is 62.9. The number of phenols is 1. The molecule has 738 valence electrons. The zero-order chi connectivity index (χ0) is 99.0. The van der Waals surface area contributed by atoms with Gasteiger partial charge in [0.1, 0.15) is 84.3 Å². The molecule has 0 saturated carbocycles. The van der Waals surface area contributed by atoms with E-state index >= 15 is 47.9 Å². The van der Waals surface area contributed by atoms with Gasteiger partial charge in [0.25, 0.3) is 0 Å². The highest BCUT2D eigenvalue weighted by atomic mass is 33.1. The molecule has 2 saturated heterocycles. The van der Waals surface area contributed by atoms with Crippen LogP contribution in [-0.2, 0) is 89.6 Å². The monoisotopic (exact) mass is 1940 g/mol. The number of benzene rings is 2. The minimum atomic E-state index is -1.79. The predicted octanol–water partition coefficient (Wildman–Crippen LogP) is -8.01. The summed E-state index contributed by atoms with van der Waals surface area (Å²) in [6.07, 6.45) is -1.17. The average molecular weight is 1940 g/mol. The first-order valence-corrected chi connectivity index (χ1v) is 48.1. The largest absolute Gasteiger partial charge is 0.508 e. The molecule has 0 aromatic heterocycles. The Kier molecular flexibility index (Phi) is 50.7. The topological polar surface area (TPSA) is 835 Å². The molecule has 2 aromatic rings. The Bertz CT molecular complexity index is 4320. The normalized spacial score (nSPS) is 20.9. The van der Waals surface area contributed by atoms with Crippen molar-refractivity contribution in [2.75, 3.05) is 68.8 Å². The zero-order valence-corrected chi connectivity index (χ0v) is 78.4. The van der Waals surface area contributed by atoms with Gasteiger partial charge in [-0.1, -0.05) is 127 Å². The summed E-state index contributed by atoms with van der Waals surface area (Å²) in [7, 11) is 3.33. The van der Waals surface area contributed by atoms with Crippen molar-refractivity contribution in [2.45, 2.75) is 210 Å². The van der Waals surface area contributed by atoms with E-state index in [1.54, 1.807) is 71.9 Å². The molecule has 133 heavy (non-hydrogen) atoms. The quantitative estimate of drug-likeness (QED) is 0.0127. The van der Waals surface area contributed by atoms with Gasteiger partial charge in [-0.3, -0.25) is 104 Å². The number of amides is 16. The van der Waals surface area contributed by atoms with Crippen LogP contribution >= 0.6 is 43.2 Å². The van der Waals surface area contributed by atoms with Gasteiger partial charge in [0.2, 0.25) is 94.5 Å². The van der Waals surface area contributed by atoms with Gasteiger partial charge in [-0.2, -0.15) is 0 Å². The van der Waals surface area contributed by atoms with Crippen molar-refractivity contribution in [1.29, 1.82) is 27.0 Å². The summed E-state index contributed by atoms with van der Waals surface area (Å²) in [5, 5.41) is 101. The Morgan fingerprint density at radius 1 is 0.421 bits per heavy atom. The van der Waals surface area contributed by atoms with Crippen molar-refractivity contribution >= 4 is 167 Å². The summed E-state index contributed by atoms with van der Waals surface area (Å²) in [4.78, 5) is 235. The molecule has 2 fully saturated rings. The molecule has 0 aliphatic carbocycles. The van der Waals surface area contributed by atoms with Crippen molar-refractivity contribution < 1.29 is 81.8 Å². The number of aromatic hydroxyl groups is 1. The van der Waals surface area contributed by atoms with E-state index in [0.29, 0.717) is 12.0 Å². The summed E-state index contributed by atoms with van der Waals surface area (Å²) in [6, 6.07) is -8.38. The fraction of sp³-hybridized carbons (Fsp3) is 0.588. The van der Waals surface area contributed by atoms with E-state index in [0.717, 1.165) is 43.2 Å². The lowest BCUT2D eigenvalue weighted by Gasteiger charge is -2.30. The molecule has 53 heteroatoms. The molecule has 0 unspecified atom stereocenters. The number of guanidine groups is 5. The van der Waals surface area contributed by atoms with E-state index in [-0.39, 0.29) is 121 Å². The predicted molar refractivity (Wildman–Crippen MR) is 505 cm³/mol. The summed E-state index contributed by atoms with van der Waals surface area (Å²) < 4.78 is 0. The second-order valence-corrected chi connectivity index (χ2v) is 37.5. The van der Waals surface area contributed by atoms with Crippen molar-refractivity contribution in [2.24, 2.45) is 57.9 Å². The number of carbonyl (C=O) groups is 16. The van der Waals surface area contributed by atoms with Crippen LogP contribution in [0.3, 0.4) is 0 Å². The van der Waals surface area contributed by atoms with Gasteiger partial charge < -0.3 is 152 Å². The lowest BCUT2D eigenvalue weighted by Crippen LogP contribution is -2.62. The van der Waals surface area contributed by atoms with Gasteiger partial charge in [-0.05, 0) is 112 Å². The summed E-state index contributed by atoms with van der Waals surface area (Å²) in [5.41, 5.74) is 40.2. The highest BCUT2D eigenvalue weighted by Crippen LogP contribution is 2.27. The van der Waals surface area contributed by atoms with E-state index in [1.807, 2.05) is 0 Å². The van der Waals surface area contributed by atoms with E-state index in [9.17, 15) is 33.9 Å². The molecule has 2 bridgehead atoms. The van der Waals surface area contributed by atoms with Gasteiger partial charge in [0.05, 0.1) is 19.1 Å². The third kappa shape index (κ3) is 44.5. The molecular formula is C80H132N32O17S4. The third-order valence-corrected chi connectivity index (χ3v) is 25.0. The maximum atomic E-state index is 15.7. The minimum Gasteiger partial charge on any atom is -0.508 e. The first kappa shape index (κ1) is 113. The van der Waals surface area contributed by atoms with Crippen LogP contribution in [0.2, 0.25) is 0 Å². The second-order valence-electron chi connectivity index (χ2n) is 32.4. The van der Waals surface area contributed by atoms with Crippen LogP contribution < -0.4 is 146 Å². The molecular weight excluding hydrogens is 1810 g/mol. The first-order valence-electron chi connectivity index (χ1n) is 43.1. The highest BCUT2D eigenvalue weighted by molar-refractivity contribution is 8.77. The number of rotatable bonds is 41. The van der Waals surface area contributed by atoms with E-state index in [4.69, 9.17) is 67.2 Å². The molecule has 40 N–H and O–H groups in total. The van der Waals surface area contributed by atoms with Crippen molar-refractivity contribution in [3.05, 3.63) is 65.7 Å². The molecule has 2 aliphatic heterocycles. The van der Waals surface area contributed by atoms with Crippen LogP contribution in [0, 0.1) is 44.8 Å². The maximum Gasteiger partial charge on any atom is 0.244 e. The number of nitrogens with one attached hydrogen (secondary N) is 25. The van der Waals surface area contributed by atoms with Crippen LogP contribution in [0.25, 0.3) is 0 Å². The number of nitrogens with two attached hydrogens (primary N) is 7. The molecule has 49 nitrogen and oxygen atoms in total. The van der Waals surface area contributed by atoms with Gasteiger partial charge in [-0.15, -0.1) is 0 Å². The lowest BCUT2D eigenvalue weighted by atomic mass is 10.0. The Morgan fingerprint density at radius 3 is 1.31 bits per heavy atom. The van der Waals surface area contributed by atoms with Gasteiger partial charge in [-0.25, -0.2) is 0 Å². The maximum absolute atomic E-state index is 15.7. The Balaban J connectivity index is 2.02. The van der Waals surface area contributed by atoms with Crippen molar-refractivity contribution in [1.82, 2.24) is 106 Å². The number of hydrogen-bond acceptors (Lipinski definition) is 27. The average Bonchev–Trinajstić information content (AvgIpc) is 0.834. The molecule has 14 atom stereocenters. The number of fused-ring (bicyclic) bond motifs is 5. The summed E-state index contributed by atoms with van der Waals surface area (Å²) in [5.74, 6) is -21.6. The molecule has 0 spiro atoms. The minimum absolute atomic E-state index is 0.00587. The Morgan fingerprint density at radius 2 is 0.842 bits per heavy atom. The summed E-state index contributed by atoms with van der Waals surface area (Å²) >= 11 is 0. The number of primary amides is 1. The molecule has 2 heterocycles. The fourth-order valence-electron chi connectivity index (χ4n) is 13.0. The smallest absolute Gasteiger partial charge is 0.244 e.